The van der Waals surface area contributed by atoms with Crippen LogP contribution in [-0.4, -0.2) is 28.5 Å². The van der Waals surface area contributed by atoms with Gasteiger partial charge in [-0.3, -0.25) is 4.79 Å². The van der Waals surface area contributed by atoms with Crippen molar-refractivity contribution >= 4 is 11.9 Å². The molecular formula is C17H28N4O. The zero-order valence-corrected chi connectivity index (χ0v) is 13.8. The molecule has 1 saturated carbocycles. The van der Waals surface area contributed by atoms with Crippen molar-refractivity contribution in [3.05, 3.63) is 18.0 Å². The maximum absolute atomic E-state index is 12.2. The molecule has 0 bridgehead atoms. The standard InChI is InChI=1S/C17H28N4O/c1-13(2)9-10-18-17-19-11-14(12-20-17)16(22)21-15-7-5-3-4-6-8-15/h11-13,15H,3-10H2,1-2H3,(H,21,22)(H,18,19,20). The van der Waals surface area contributed by atoms with E-state index in [-0.39, 0.29) is 5.91 Å². The third-order valence-electron chi connectivity index (χ3n) is 4.11. The third kappa shape index (κ3) is 5.62. The van der Waals surface area contributed by atoms with E-state index in [4.69, 9.17) is 0 Å². The molecule has 1 fully saturated rings. The fourth-order valence-electron chi connectivity index (χ4n) is 2.70. The molecule has 1 aliphatic carbocycles. The Hall–Kier alpha value is -1.65. The van der Waals surface area contributed by atoms with Crippen molar-refractivity contribution in [2.75, 3.05) is 11.9 Å². The van der Waals surface area contributed by atoms with Gasteiger partial charge in [0.2, 0.25) is 5.95 Å². The fraction of sp³-hybridized carbons (Fsp3) is 0.706. The zero-order chi connectivity index (χ0) is 15.8. The molecule has 0 spiro atoms. The molecule has 1 aromatic rings. The van der Waals surface area contributed by atoms with Crippen molar-refractivity contribution in [3.8, 4) is 0 Å². The number of hydrogen-bond acceptors (Lipinski definition) is 4. The van der Waals surface area contributed by atoms with Crippen molar-refractivity contribution in [3.63, 3.8) is 0 Å². The maximum Gasteiger partial charge on any atom is 0.254 e. The highest BCUT2D eigenvalue weighted by Crippen LogP contribution is 2.17. The Morgan fingerprint density at radius 1 is 1.18 bits per heavy atom. The summed E-state index contributed by atoms with van der Waals surface area (Å²) in [5.41, 5.74) is 0.540. The Labute approximate surface area is 133 Å². The summed E-state index contributed by atoms with van der Waals surface area (Å²) in [7, 11) is 0. The molecule has 5 heteroatoms. The molecule has 1 aromatic heterocycles. The van der Waals surface area contributed by atoms with E-state index in [1.807, 2.05) is 0 Å². The number of aromatic nitrogens is 2. The van der Waals surface area contributed by atoms with E-state index >= 15 is 0 Å². The summed E-state index contributed by atoms with van der Waals surface area (Å²) in [6.07, 6.45) is 11.4. The lowest BCUT2D eigenvalue weighted by atomic mass is 10.1. The molecule has 2 rings (SSSR count). The van der Waals surface area contributed by atoms with Crippen molar-refractivity contribution in [2.45, 2.75) is 64.8 Å². The van der Waals surface area contributed by atoms with Crippen LogP contribution in [-0.2, 0) is 0 Å². The molecule has 22 heavy (non-hydrogen) atoms. The largest absolute Gasteiger partial charge is 0.354 e. The minimum absolute atomic E-state index is 0.0550. The molecule has 2 N–H and O–H groups in total. The van der Waals surface area contributed by atoms with Gasteiger partial charge in [0.05, 0.1) is 5.56 Å². The second-order valence-corrected chi connectivity index (χ2v) is 6.57. The van der Waals surface area contributed by atoms with Crippen LogP contribution in [0, 0.1) is 5.92 Å². The van der Waals surface area contributed by atoms with Crippen molar-refractivity contribution in [1.82, 2.24) is 15.3 Å². The molecule has 122 valence electrons. The Bertz CT molecular complexity index is 450. The van der Waals surface area contributed by atoms with Gasteiger partial charge in [-0.2, -0.15) is 0 Å². The van der Waals surface area contributed by atoms with Gasteiger partial charge < -0.3 is 10.6 Å². The highest BCUT2D eigenvalue weighted by Gasteiger charge is 2.16. The average Bonchev–Trinajstić information content (AvgIpc) is 2.76. The summed E-state index contributed by atoms with van der Waals surface area (Å²) in [5, 5.41) is 6.29. The highest BCUT2D eigenvalue weighted by molar-refractivity contribution is 5.93. The Kier molecular flexibility index (Phi) is 6.62. The van der Waals surface area contributed by atoms with E-state index in [1.165, 1.54) is 25.7 Å². The lowest BCUT2D eigenvalue weighted by Gasteiger charge is -2.16. The Morgan fingerprint density at radius 3 is 2.41 bits per heavy atom. The van der Waals surface area contributed by atoms with Gasteiger partial charge in [-0.25, -0.2) is 9.97 Å². The molecule has 1 heterocycles. The van der Waals surface area contributed by atoms with Gasteiger partial charge in [-0.15, -0.1) is 0 Å². The minimum atomic E-state index is -0.0550. The van der Waals surface area contributed by atoms with Crippen molar-refractivity contribution < 1.29 is 4.79 Å². The number of rotatable bonds is 6. The van der Waals surface area contributed by atoms with Crippen LogP contribution in [0.4, 0.5) is 5.95 Å². The summed E-state index contributed by atoms with van der Waals surface area (Å²) in [6, 6.07) is 0.304. The molecule has 0 unspecified atom stereocenters. The minimum Gasteiger partial charge on any atom is -0.354 e. The van der Waals surface area contributed by atoms with Gasteiger partial charge in [-0.1, -0.05) is 39.5 Å². The first-order valence-electron chi connectivity index (χ1n) is 8.52. The van der Waals surface area contributed by atoms with E-state index in [0.717, 1.165) is 25.8 Å². The van der Waals surface area contributed by atoms with Crippen LogP contribution >= 0.6 is 0 Å². The van der Waals surface area contributed by atoms with Crippen molar-refractivity contribution in [1.29, 1.82) is 0 Å². The normalized spacial score (nSPS) is 16.3. The quantitative estimate of drug-likeness (QED) is 0.791. The third-order valence-corrected chi connectivity index (χ3v) is 4.11. The number of anilines is 1. The molecule has 0 atom stereocenters. The molecule has 1 aliphatic rings. The summed E-state index contributed by atoms with van der Waals surface area (Å²) in [5.74, 6) is 1.18. The summed E-state index contributed by atoms with van der Waals surface area (Å²) in [4.78, 5) is 20.7. The Balaban J connectivity index is 1.82. The molecule has 5 nitrogen and oxygen atoms in total. The zero-order valence-electron chi connectivity index (χ0n) is 13.8. The lowest BCUT2D eigenvalue weighted by molar-refractivity contribution is 0.0932. The van der Waals surface area contributed by atoms with Gasteiger partial charge in [0, 0.05) is 25.0 Å². The van der Waals surface area contributed by atoms with Gasteiger partial charge in [0.25, 0.3) is 5.91 Å². The van der Waals surface area contributed by atoms with E-state index in [9.17, 15) is 4.79 Å². The number of carbonyl (C=O) groups is 1. The number of amides is 1. The van der Waals surface area contributed by atoms with Gasteiger partial charge >= 0.3 is 0 Å². The highest BCUT2D eigenvalue weighted by atomic mass is 16.1. The van der Waals surface area contributed by atoms with Gasteiger partial charge in [0.15, 0.2) is 0 Å². The molecular weight excluding hydrogens is 276 g/mol. The van der Waals surface area contributed by atoms with Crippen LogP contribution in [0.15, 0.2) is 12.4 Å². The van der Waals surface area contributed by atoms with Crippen LogP contribution in [0.5, 0.6) is 0 Å². The predicted molar refractivity (Wildman–Crippen MR) is 88.9 cm³/mol. The van der Waals surface area contributed by atoms with Crippen LogP contribution in [0.25, 0.3) is 0 Å². The molecule has 0 saturated heterocycles. The van der Waals surface area contributed by atoms with E-state index < -0.39 is 0 Å². The molecule has 0 aromatic carbocycles. The number of nitrogens with one attached hydrogen (secondary N) is 2. The number of nitrogens with zero attached hydrogens (tertiary/aromatic N) is 2. The van der Waals surface area contributed by atoms with Crippen LogP contribution in [0.2, 0.25) is 0 Å². The van der Waals surface area contributed by atoms with E-state index in [0.29, 0.717) is 23.5 Å². The van der Waals surface area contributed by atoms with Crippen molar-refractivity contribution in [2.24, 2.45) is 5.92 Å². The van der Waals surface area contributed by atoms with Crippen LogP contribution in [0.1, 0.15) is 69.2 Å². The Morgan fingerprint density at radius 2 is 1.82 bits per heavy atom. The first-order chi connectivity index (χ1) is 10.6. The molecule has 0 radical (unpaired) electrons. The smallest absolute Gasteiger partial charge is 0.254 e. The molecule has 1 amide bonds. The SMILES string of the molecule is CC(C)CCNc1ncc(C(=O)NC2CCCCCC2)cn1. The number of hydrogen-bond donors (Lipinski definition) is 2. The van der Waals surface area contributed by atoms with Crippen LogP contribution in [0.3, 0.4) is 0 Å². The first kappa shape index (κ1) is 16.7. The second-order valence-electron chi connectivity index (χ2n) is 6.57. The summed E-state index contributed by atoms with van der Waals surface area (Å²) in [6.45, 7) is 5.22. The first-order valence-corrected chi connectivity index (χ1v) is 8.52. The predicted octanol–water partition coefficient (Wildman–Crippen LogP) is 3.39. The van der Waals surface area contributed by atoms with Crippen LogP contribution < -0.4 is 10.6 Å². The lowest BCUT2D eigenvalue weighted by Crippen LogP contribution is -2.34. The number of carbonyl (C=O) groups excluding carboxylic acids is 1. The van der Waals surface area contributed by atoms with E-state index in [1.54, 1.807) is 12.4 Å². The maximum atomic E-state index is 12.2. The van der Waals surface area contributed by atoms with Gasteiger partial charge in [-0.05, 0) is 25.2 Å². The summed E-state index contributed by atoms with van der Waals surface area (Å²) >= 11 is 0. The molecule has 0 aliphatic heterocycles. The fourth-order valence-corrected chi connectivity index (χ4v) is 2.70. The topological polar surface area (TPSA) is 66.9 Å². The monoisotopic (exact) mass is 304 g/mol. The average molecular weight is 304 g/mol. The van der Waals surface area contributed by atoms with Gasteiger partial charge in [0.1, 0.15) is 0 Å². The second kappa shape index (κ2) is 8.71. The van der Waals surface area contributed by atoms with E-state index in [2.05, 4.69) is 34.4 Å². The summed E-state index contributed by atoms with van der Waals surface area (Å²) < 4.78 is 0.